The Morgan fingerprint density at radius 3 is 2.55 bits per heavy atom. The molecule has 2 heterocycles. The summed E-state index contributed by atoms with van der Waals surface area (Å²) in [4.78, 5) is 0. The summed E-state index contributed by atoms with van der Waals surface area (Å²) >= 11 is 0. The van der Waals surface area contributed by atoms with Crippen LogP contribution in [0.3, 0.4) is 0 Å². The Kier molecular flexibility index (Phi) is 3.50. The molecule has 3 rings (SSSR count). The summed E-state index contributed by atoms with van der Waals surface area (Å²) in [5.74, 6) is 0.802. The molecule has 1 N–H and O–H groups in total. The van der Waals surface area contributed by atoms with Gasteiger partial charge in [-0.15, -0.1) is 0 Å². The lowest BCUT2D eigenvalue weighted by atomic mass is 10.0. The molecule has 0 radical (unpaired) electrons. The van der Waals surface area contributed by atoms with Crippen molar-refractivity contribution in [3.05, 3.63) is 35.4 Å². The smallest absolute Gasteiger partial charge is 0.218 e. The predicted octanol–water partition coefficient (Wildman–Crippen LogP) is 0.539. The number of nitrogens with zero attached hydrogens (tertiary/aromatic N) is 2. The zero-order valence-electron chi connectivity index (χ0n) is 11.1. The first kappa shape index (κ1) is 13.6. The Labute approximate surface area is 119 Å². The highest BCUT2D eigenvalue weighted by molar-refractivity contribution is 7.88. The van der Waals surface area contributed by atoms with E-state index < -0.39 is 10.0 Å². The number of fused-ring (bicyclic) bond motifs is 1. The van der Waals surface area contributed by atoms with Crippen molar-refractivity contribution in [3.8, 4) is 6.07 Å². The highest BCUT2D eigenvalue weighted by Gasteiger charge is 2.40. The van der Waals surface area contributed by atoms with Crippen molar-refractivity contribution in [1.82, 2.24) is 9.62 Å². The summed E-state index contributed by atoms with van der Waals surface area (Å²) in [5, 5.41) is 12.3. The molecule has 6 heteroatoms. The second-order valence-corrected chi connectivity index (χ2v) is 7.49. The van der Waals surface area contributed by atoms with Gasteiger partial charge < -0.3 is 5.32 Å². The predicted molar refractivity (Wildman–Crippen MR) is 75.2 cm³/mol. The third-order valence-electron chi connectivity index (χ3n) is 4.23. The monoisotopic (exact) mass is 291 g/mol. The first-order chi connectivity index (χ1) is 9.60. The van der Waals surface area contributed by atoms with Crippen LogP contribution in [0.25, 0.3) is 0 Å². The van der Waals surface area contributed by atoms with E-state index in [1.165, 1.54) is 0 Å². The van der Waals surface area contributed by atoms with Gasteiger partial charge in [0, 0.05) is 13.1 Å². The summed E-state index contributed by atoms with van der Waals surface area (Å²) in [6, 6.07) is 8.96. The Morgan fingerprint density at radius 2 is 1.90 bits per heavy atom. The maximum Gasteiger partial charge on any atom is 0.218 e. The molecule has 0 amide bonds. The number of nitriles is 1. The minimum atomic E-state index is -3.33. The topological polar surface area (TPSA) is 73.2 Å². The SMILES string of the molecule is N#Cc1ccccc1CS(=O)(=O)N1C[C@H]2CNC[C@H]2C1. The summed E-state index contributed by atoms with van der Waals surface area (Å²) in [6.07, 6.45) is 0. The van der Waals surface area contributed by atoms with Crippen LogP contribution in [-0.4, -0.2) is 38.9 Å². The Hall–Kier alpha value is -1.42. The van der Waals surface area contributed by atoms with Crippen molar-refractivity contribution in [2.24, 2.45) is 11.8 Å². The molecule has 1 aromatic carbocycles. The molecule has 2 atom stereocenters. The molecule has 1 aromatic rings. The first-order valence-electron chi connectivity index (χ1n) is 6.76. The molecule has 2 aliphatic heterocycles. The van der Waals surface area contributed by atoms with Crippen LogP contribution in [-0.2, 0) is 15.8 Å². The van der Waals surface area contributed by atoms with Crippen LogP contribution in [0.5, 0.6) is 0 Å². The van der Waals surface area contributed by atoms with Gasteiger partial charge in [-0.2, -0.15) is 5.26 Å². The number of sulfonamides is 1. The quantitative estimate of drug-likeness (QED) is 0.882. The van der Waals surface area contributed by atoms with Crippen molar-refractivity contribution in [2.75, 3.05) is 26.2 Å². The fraction of sp³-hybridized carbons (Fsp3) is 0.500. The maximum atomic E-state index is 12.5. The van der Waals surface area contributed by atoms with Crippen molar-refractivity contribution >= 4 is 10.0 Å². The lowest BCUT2D eigenvalue weighted by Gasteiger charge is -2.17. The Bertz CT molecular complexity index is 639. The van der Waals surface area contributed by atoms with Gasteiger partial charge >= 0.3 is 0 Å². The molecular formula is C14H17N3O2S. The minimum absolute atomic E-state index is 0.0798. The summed E-state index contributed by atoms with van der Waals surface area (Å²) in [7, 11) is -3.33. The Morgan fingerprint density at radius 1 is 1.25 bits per heavy atom. The van der Waals surface area contributed by atoms with Crippen LogP contribution in [0.1, 0.15) is 11.1 Å². The fourth-order valence-corrected chi connectivity index (χ4v) is 4.75. The van der Waals surface area contributed by atoms with E-state index in [1.807, 2.05) is 0 Å². The van der Waals surface area contributed by atoms with Gasteiger partial charge in [0.1, 0.15) is 0 Å². The van der Waals surface area contributed by atoms with Gasteiger partial charge in [-0.1, -0.05) is 18.2 Å². The highest BCUT2D eigenvalue weighted by atomic mass is 32.2. The third kappa shape index (κ3) is 2.44. The van der Waals surface area contributed by atoms with Crippen molar-refractivity contribution in [1.29, 1.82) is 5.26 Å². The average Bonchev–Trinajstić information content (AvgIpc) is 3.00. The highest BCUT2D eigenvalue weighted by Crippen LogP contribution is 2.29. The number of rotatable bonds is 3. The first-order valence-corrected chi connectivity index (χ1v) is 8.37. The zero-order valence-corrected chi connectivity index (χ0v) is 11.9. The second kappa shape index (κ2) is 5.17. The van der Waals surface area contributed by atoms with Gasteiger partial charge in [0.05, 0.1) is 17.4 Å². The summed E-state index contributed by atoms with van der Waals surface area (Å²) in [5.41, 5.74) is 1.03. The van der Waals surface area contributed by atoms with Gasteiger partial charge in [-0.3, -0.25) is 0 Å². The molecule has 2 aliphatic rings. The van der Waals surface area contributed by atoms with E-state index >= 15 is 0 Å². The minimum Gasteiger partial charge on any atom is -0.316 e. The van der Waals surface area contributed by atoms with Crippen molar-refractivity contribution in [3.63, 3.8) is 0 Å². The van der Waals surface area contributed by atoms with E-state index in [1.54, 1.807) is 28.6 Å². The molecule has 0 unspecified atom stereocenters. The molecule has 0 spiro atoms. The van der Waals surface area contributed by atoms with E-state index in [9.17, 15) is 8.42 Å². The summed E-state index contributed by atoms with van der Waals surface area (Å²) < 4.78 is 26.6. The lowest BCUT2D eigenvalue weighted by Crippen LogP contribution is -2.33. The van der Waals surface area contributed by atoms with E-state index in [0.717, 1.165) is 13.1 Å². The van der Waals surface area contributed by atoms with Gasteiger partial charge in [-0.25, -0.2) is 12.7 Å². The molecule has 0 saturated carbocycles. The van der Waals surface area contributed by atoms with Crippen LogP contribution < -0.4 is 5.32 Å². The van der Waals surface area contributed by atoms with Crippen molar-refractivity contribution in [2.45, 2.75) is 5.75 Å². The summed E-state index contributed by atoms with van der Waals surface area (Å²) in [6.45, 7) is 3.03. The van der Waals surface area contributed by atoms with E-state index in [-0.39, 0.29) is 5.75 Å². The number of hydrogen-bond donors (Lipinski definition) is 1. The molecule has 5 nitrogen and oxygen atoms in total. The molecule has 0 bridgehead atoms. The van der Waals surface area contributed by atoms with Crippen LogP contribution in [0.15, 0.2) is 24.3 Å². The molecule has 20 heavy (non-hydrogen) atoms. The van der Waals surface area contributed by atoms with Crippen LogP contribution >= 0.6 is 0 Å². The van der Waals surface area contributed by atoms with Gasteiger partial charge in [-0.05, 0) is 36.6 Å². The van der Waals surface area contributed by atoms with E-state index in [4.69, 9.17) is 5.26 Å². The lowest BCUT2D eigenvalue weighted by molar-refractivity contribution is 0.447. The molecule has 106 valence electrons. The van der Waals surface area contributed by atoms with Gasteiger partial charge in [0.15, 0.2) is 0 Å². The molecule has 0 aliphatic carbocycles. The molecule has 2 fully saturated rings. The molecule has 0 aromatic heterocycles. The van der Waals surface area contributed by atoms with Gasteiger partial charge in [0.25, 0.3) is 0 Å². The number of hydrogen-bond acceptors (Lipinski definition) is 4. The van der Waals surface area contributed by atoms with Crippen LogP contribution in [0, 0.1) is 23.2 Å². The largest absolute Gasteiger partial charge is 0.316 e. The standard InChI is InChI=1S/C14H17N3O2S/c15-5-11-3-1-2-4-12(11)10-20(18,19)17-8-13-6-16-7-14(13)9-17/h1-4,13-14,16H,6-10H2/t13-,14+. The van der Waals surface area contributed by atoms with Crippen molar-refractivity contribution < 1.29 is 8.42 Å². The number of benzene rings is 1. The zero-order chi connectivity index (χ0) is 14.2. The van der Waals surface area contributed by atoms with Gasteiger partial charge in [0.2, 0.25) is 10.0 Å². The normalized spacial score (nSPS) is 26.4. The van der Waals surface area contributed by atoms with E-state index in [0.29, 0.717) is 36.1 Å². The van der Waals surface area contributed by atoms with Crippen LogP contribution in [0.4, 0.5) is 0 Å². The fourth-order valence-electron chi connectivity index (χ4n) is 3.08. The number of nitrogens with one attached hydrogen (secondary N) is 1. The maximum absolute atomic E-state index is 12.5. The average molecular weight is 291 g/mol. The molecular weight excluding hydrogens is 274 g/mol. The Balaban J connectivity index is 1.78. The third-order valence-corrected chi connectivity index (χ3v) is 5.99. The van der Waals surface area contributed by atoms with Crippen LogP contribution in [0.2, 0.25) is 0 Å². The second-order valence-electron chi connectivity index (χ2n) is 5.52. The van der Waals surface area contributed by atoms with E-state index in [2.05, 4.69) is 11.4 Å². The molecule has 2 saturated heterocycles.